The molecule has 1 aliphatic rings. The van der Waals surface area contributed by atoms with Crippen LogP contribution in [0.3, 0.4) is 0 Å². The largest absolute Gasteiger partial charge is 0.507 e. The fourth-order valence-corrected chi connectivity index (χ4v) is 2.97. The van der Waals surface area contributed by atoms with Gasteiger partial charge in [0.25, 0.3) is 0 Å². The predicted molar refractivity (Wildman–Crippen MR) is 72.3 cm³/mol. The van der Waals surface area contributed by atoms with Crippen molar-refractivity contribution in [1.82, 2.24) is 0 Å². The molecule has 1 atom stereocenters. The van der Waals surface area contributed by atoms with Crippen LogP contribution >= 0.6 is 11.6 Å². The van der Waals surface area contributed by atoms with Gasteiger partial charge in [-0.2, -0.15) is 0 Å². The minimum absolute atomic E-state index is 0.330. The number of phenolic OH excluding ortho intramolecular Hbond substituents is 1. The van der Waals surface area contributed by atoms with Gasteiger partial charge in [-0.05, 0) is 23.4 Å². The molecule has 0 saturated heterocycles. The Kier molecular flexibility index (Phi) is 2.40. The number of aryl methyl sites for hydroxylation is 1. The van der Waals surface area contributed by atoms with Crippen LogP contribution in [-0.2, 0) is 0 Å². The average molecular weight is 248 g/mol. The van der Waals surface area contributed by atoms with Crippen LogP contribution in [0.1, 0.15) is 17.0 Å². The fourth-order valence-electron chi connectivity index (χ4n) is 2.70. The molecule has 88 valence electrons. The van der Waals surface area contributed by atoms with Gasteiger partial charge in [0.15, 0.2) is 0 Å². The SMILES string of the molecule is Cc1cccc2c(O)cc3c(c12)C(CCl)CN3. The molecule has 0 spiro atoms. The molecule has 2 nitrogen and oxygen atoms in total. The van der Waals surface area contributed by atoms with E-state index >= 15 is 0 Å². The molecule has 1 heterocycles. The Morgan fingerprint density at radius 2 is 2.29 bits per heavy atom. The van der Waals surface area contributed by atoms with Crippen molar-refractivity contribution in [3.05, 3.63) is 35.4 Å². The van der Waals surface area contributed by atoms with Crippen LogP contribution in [0.5, 0.6) is 5.75 Å². The Labute approximate surface area is 105 Å². The van der Waals surface area contributed by atoms with E-state index in [4.69, 9.17) is 11.6 Å². The molecule has 2 aromatic rings. The van der Waals surface area contributed by atoms with E-state index in [1.807, 2.05) is 18.2 Å². The summed E-state index contributed by atoms with van der Waals surface area (Å²) in [5, 5.41) is 15.4. The zero-order chi connectivity index (χ0) is 12.0. The summed E-state index contributed by atoms with van der Waals surface area (Å²) in [6.07, 6.45) is 0. The first-order valence-electron chi connectivity index (χ1n) is 5.77. The Morgan fingerprint density at radius 3 is 3.06 bits per heavy atom. The number of nitrogens with one attached hydrogen (secondary N) is 1. The van der Waals surface area contributed by atoms with Crippen LogP contribution in [0, 0.1) is 6.92 Å². The second-order valence-electron chi connectivity index (χ2n) is 4.59. The summed E-state index contributed by atoms with van der Waals surface area (Å²) in [6, 6.07) is 7.82. The van der Waals surface area contributed by atoms with Gasteiger partial charge in [-0.3, -0.25) is 0 Å². The first-order chi connectivity index (χ1) is 8.22. The second-order valence-corrected chi connectivity index (χ2v) is 4.90. The van der Waals surface area contributed by atoms with E-state index in [1.165, 1.54) is 11.1 Å². The van der Waals surface area contributed by atoms with Gasteiger partial charge in [-0.25, -0.2) is 0 Å². The lowest BCUT2D eigenvalue weighted by atomic mass is 9.92. The number of phenols is 1. The van der Waals surface area contributed by atoms with Gasteiger partial charge in [0.2, 0.25) is 0 Å². The molecule has 3 rings (SSSR count). The Hall–Kier alpha value is -1.41. The van der Waals surface area contributed by atoms with E-state index in [9.17, 15) is 5.11 Å². The van der Waals surface area contributed by atoms with Crippen molar-refractivity contribution >= 4 is 28.1 Å². The fraction of sp³-hybridized carbons (Fsp3) is 0.286. The highest BCUT2D eigenvalue weighted by Gasteiger charge is 2.25. The first-order valence-corrected chi connectivity index (χ1v) is 6.31. The topological polar surface area (TPSA) is 32.3 Å². The predicted octanol–water partition coefficient (Wildman–Crippen LogP) is 3.60. The van der Waals surface area contributed by atoms with E-state index < -0.39 is 0 Å². The molecule has 0 aliphatic carbocycles. The maximum Gasteiger partial charge on any atom is 0.125 e. The zero-order valence-electron chi connectivity index (χ0n) is 9.63. The number of halogens is 1. The minimum atomic E-state index is 0.330. The van der Waals surface area contributed by atoms with Crippen LogP contribution in [0.25, 0.3) is 10.8 Å². The summed E-state index contributed by atoms with van der Waals surface area (Å²) >= 11 is 6.03. The summed E-state index contributed by atoms with van der Waals surface area (Å²) in [5.74, 6) is 1.27. The summed E-state index contributed by atoms with van der Waals surface area (Å²) in [6.45, 7) is 2.93. The van der Waals surface area contributed by atoms with Gasteiger partial charge < -0.3 is 10.4 Å². The third-order valence-electron chi connectivity index (χ3n) is 3.52. The second kappa shape index (κ2) is 3.81. The molecule has 2 aromatic carbocycles. The number of hydrogen-bond donors (Lipinski definition) is 2. The number of alkyl halides is 1. The van der Waals surface area contributed by atoms with Gasteiger partial charge >= 0.3 is 0 Å². The number of anilines is 1. The Bertz CT molecular complexity index is 594. The first kappa shape index (κ1) is 10.7. The normalized spacial score (nSPS) is 18.1. The van der Waals surface area contributed by atoms with E-state index in [0.717, 1.165) is 23.0 Å². The highest BCUT2D eigenvalue weighted by atomic mass is 35.5. The number of benzene rings is 2. The molecule has 0 amide bonds. The van der Waals surface area contributed by atoms with Crippen molar-refractivity contribution in [2.75, 3.05) is 17.7 Å². The van der Waals surface area contributed by atoms with Crippen molar-refractivity contribution in [3.63, 3.8) is 0 Å². The van der Waals surface area contributed by atoms with Crippen LogP contribution in [0.15, 0.2) is 24.3 Å². The van der Waals surface area contributed by atoms with Crippen molar-refractivity contribution < 1.29 is 5.11 Å². The van der Waals surface area contributed by atoms with Gasteiger partial charge in [-0.15, -0.1) is 11.6 Å². The van der Waals surface area contributed by atoms with Gasteiger partial charge in [0.1, 0.15) is 5.75 Å². The molecule has 0 bridgehead atoms. The summed E-state index contributed by atoms with van der Waals surface area (Å²) < 4.78 is 0. The van der Waals surface area contributed by atoms with Crippen molar-refractivity contribution in [2.24, 2.45) is 0 Å². The van der Waals surface area contributed by atoms with Crippen molar-refractivity contribution in [3.8, 4) is 5.75 Å². The summed E-state index contributed by atoms with van der Waals surface area (Å²) in [7, 11) is 0. The lowest BCUT2D eigenvalue weighted by Gasteiger charge is -2.13. The third kappa shape index (κ3) is 1.48. The smallest absolute Gasteiger partial charge is 0.125 e. The van der Waals surface area contributed by atoms with E-state index in [2.05, 4.69) is 18.3 Å². The van der Waals surface area contributed by atoms with Crippen LogP contribution in [-0.4, -0.2) is 17.5 Å². The highest BCUT2D eigenvalue weighted by molar-refractivity contribution is 6.18. The molecular formula is C14H14ClNO. The zero-order valence-corrected chi connectivity index (χ0v) is 10.4. The third-order valence-corrected chi connectivity index (χ3v) is 3.90. The van der Waals surface area contributed by atoms with E-state index in [1.54, 1.807) is 0 Å². The molecular weight excluding hydrogens is 234 g/mol. The summed E-state index contributed by atoms with van der Waals surface area (Å²) in [5.41, 5.74) is 3.47. The standard InChI is InChI=1S/C14H14ClNO/c1-8-3-2-4-10-12(17)5-11-14(13(8)10)9(6-15)7-16-11/h2-5,9,16-17H,6-7H2,1H3. The molecule has 1 aliphatic heterocycles. The van der Waals surface area contributed by atoms with Gasteiger partial charge in [-0.1, -0.05) is 18.2 Å². The van der Waals surface area contributed by atoms with Crippen molar-refractivity contribution in [2.45, 2.75) is 12.8 Å². The quantitative estimate of drug-likeness (QED) is 0.755. The van der Waals surface area contributed by atoms with Crippen LogP contribution in [0.2, 0.25) is 0 Å². The van der Waals surface area contributed by atoms with Gasteiger partial charge in [0.05, 0.1) is 0 Å². The maximum absolute atomic E-state index is 10.0. The Balaban J connectivity index is 2.43. The lowest BCUT2D eigenvalue weighted by Crippen LogP contribution is -2.03. The monoisotopic (exact) mass is 247 g/mol. The molecule has 0 fully saturated rings. The average Bonchev–Trinajstić information content (AvgIpc) is 2.72. The minimum Gasteiger partial charge on any atom is -0.507 e. The molecule has 2 N–H and O–H groups in total. The number of rotatable bonds is 1. The molecule has 1 unspecified atom stereocenters. The van der Waals surface area contributed by atoms with Crippen LogP contribution in [0.4, 0.5) is 5.69 Å². The number of hydrogen-bond acceptors (Lipinski definition) is 2. The molecule has 0 aromatic heterocycles. The maximum atomic E-state index is 10.0. The number of aromatic hydroxyl groups is 1. The molecule has 17 heavy (non-hydrogen) atoms. The molecule has 0 radical (unpaired) electrons. The highest BCUT2D eigenvalue weighted by Crippen LogP contribution is 2.43. The van der Waals surface area contributed by atoms with Gasteiger partial charge in [0, 0.05) is 35.5 Å². The Morgan fingerprint density at radius 1 is 1.47 bits per heavy atom. The molecule has 0 saturated carbocycles. The summed E-state index contributed by atoms with van der Waals surface area (Å²) in [4.78, 5) is 0. The van der Waals surface area contributed by atoms with E-state index in [-0.39, 0.29) is 0 Å². The number of fused-ring (bicyclic) bond motifs is 3. The molecule has 3 heteroatoms. The lowest BCUT2D eigenvalue weighted by molar-refractivity contribution is 0.482. The van der Waals surface area contributed by atoms with Crippen molar-refractivity contribution in [1.29, 1.82) is 0 Å². The van der Waals surface area contributed by atoms with E-state index in [0.29, 0.717) is 17.5 Å². The van der Waals surface area contributed by atoms with Crippen LogP contribution < -0.4 is 5.32 Å².